The highest BCUT2D eigenvalue weighted by atomic mass is 19.1. The van der Waals surface area contributed by atoms with Crippen molar-refractivity contribution in [1.82, 2.24) is 4.98 Å². The molecular weight excluding hydrogens is 171 g/mol. The van der Waals surface area contributed by atoms with Crippen LogP contribution in [0.2, 0.25) is 0 Å². The zero-order chi connectivity index (χ0) is 9.47. The lowest BCUT2D eigenvalue weighted by molar-refractivity contribution is 0.0170. The van der Waals surface area contributed by atoms with Crippen LogP contribution in [0.25, 0.3) is 0 Å². The highest BCUT2D eigenvalue weighted by Crippen LogP contribution is 2.38. The lowest BCUT2D eigenvalue weighted by Crippen LogP contribution is -2.52. The van der Waals surface area contributed by atoms with Crippen LogP contribution < -0.4 is 5.73 Å². The molecule has 2 rings (SSSR count). The highest BCUT2D eigenvalue weighted by molar-refractivity contribution is 5.21. The molecule has 1 aliphatic carbocycles. The molecule has 0 aliphatic heterocycles. The summed E-state index contributed by atoms with van der Waals surface area (Å²) in [6.07, 6.45) is 1.88. The molecule has 0 amide bonds. The van der Waals surface area contributed by atoms with Crippen LogP contribution in [0.5, 0.6) is 0 Å². The Morgan fingerprint density at radius 1 is 1.62 bits per heavy atom. The van der Waals surface area contributed by atoms with E-state index in [0.29, 0.717) is 12.8 Å². The quantitative estimate of drug-likeness (QED) is 0.666. The van der Waals surface area contributed by atoms with Crippen LogP contribution in [0.1, 0.15) is 18.5 Å². The van der Waals surface area contributed by atoms with E-state index in [1.54, 1.807) is 0 Å². The molecule has 0 bridgehead atoms. The first-order valence-corrected chi connectivity index (χ1v) is 4.20. The van der Waals surface area contributed by atoms with Gasteiger partial charge in [0.2, 0.25) is 0 Å². The van der Waals surface area contributed by atoms with Gasteiger partial charge in [-0.25, -0.2) is 4.39 Å². The second kappa shape index (κ2) is 2.75. The highest BCUT2D eigenvalue weighted by Gasteiger charge is 2.44. The molecular formula is C9H11FN2O. The first kappa shape index (κ1) is 8.59. The number of hydrogen-bond acceptors (Lipinski definition) is 3. The fourth-order valence-corrected chi connectivity index (χ4v) is 1.73. The summed E-state index contributed by atoms with van der Waals surface area (Å²) in [5.41, 5.74) is 5.36. The summed E-state index contributed by atoms with van der Waals surface area (Å²) in [6.45, 7) is 0. The first-order chi connectivity index (χ1) is 6.12. The molecule has 13 heavy (non-hydrogen) atoms. The number of pyridine rings is 1. The molecule has 0 unspecified atom stereocenters. The van der Waals surface area contributed by atoms with Crippen molar-refractivity contribution >= 4 is 0 Å². The molecule has 1 aromatic rings. The van der Waals surface area contributed by atoms with Crippen molar-refractivity contribution in [2.75, 3.05) is 0 Å². The monoisotopic (exact) mass is 182 g/mol. The summed E-state index contributed by atoms with van der Waals surface area (Å²) < 4.78 is 13.2. The predicted octanol–water partition coefficient (Wildman–Crippen LogP) is 0.529. The van der Waals surface area contributed by atoms with E-state index in [-0.39, 0.29) is 5.69 Å². The smallest absolute Gasteiger partial charge is 0.146 e. The third-order valence-electron chi connectivity index (χ3n) is 2.43. The minimum atomic E-state index is -0.759. The molecule has 0 saturated heterocycles. The Hall–Kier alpha value is -1.00. The van der Waals surface area contributed by atoms with Gasteiger partial charge in [0.1, 0.15) is 5.82 Å². The minimum absolute atomic E-state index is 0.264. The van der Waals surface area contributed by atoms with Gasteiger partial charge >= 0.3 is 0 Å². The van der Waals surface area contributed by atoms with Crippen molar-refractivity contribution in [3.8, 4) is 0 Å². The van der Waals surface area contributed by atoms with Crippen molar-refractivity contribution < 1.29 is 9.50 Å². The Labute approximate surface area is 75.4 Å². The summed E-state index contributed by atoms with van der Waals surface area (Å²) in [5, 5.41) is 9.11. The van der Waals surface area contributed by atoms with Crippen molar-refractivity contribution in [2.45, 2.75) is 24.5 Å². The summed E-state index contributed by atoms with van der Waals surface area (Å²) in [5.74, 6) is -0.392. The number of rotatable bonds is 1. The second-order valence-electron chi connectivity index (χ2n) is 3.55. The van der Waals surface area contributed by atoms with Crippen LogP contribution in [0, 0.1) is 5.82 Å². The number of hydrogen-bond donors (Lipinski definition) is 2. The Bertz CT molecular complexity index is 323. The Kier molecular flexibility index (Phi) is 1.82. The topological polar surface area (TPSA) is 59.1 Å². The lowest BCUT2D eigenvalue weighted by atomic mass is 9.72. The largest absolute Gasteiger partial charge is 0.393 e. The van der Waals surface area contributed by atoms with Crippen LogP contribution in [-0.2, 0) is 5.54 Å². The van der Waals surface area contributed by atoms with E-state index in [0.717, 1.165) is 0 Å². The number of nitrogens with zero attached hydrogens (tertiary/aromatic N) is 1. The van der Waals surface area contributed by atoms with Gasteiger partial charge in [-0.05, 0) is 25.0 Å². The van der Waals surface area contributed by atoms with E-state index in [4.69, 9.17) is 10.8 Å². The zero-order valence-corrected chi connectivity index (χ0v) is 7.07. The molecule has 1 aliphatic rings. The molecule has 0 radical (unpaired) electrons. The first-order valence-electron chi connectivity index (χ1n) is 4.20. The van der Waals surface area contributed by atoms with E-state index in [2.05, 4.69) is 4.98 Å². The summed E-state index contributed by atoms with van der Waals surface area (Å²) in [6, 6.07) is 2.86. The fraction of sp³-hybridized carbons (Fsp3) is 0.444. The van der Waals surface area contributed by atoms with Crippen LogP contribution >= 0.6 is 0 Å². The molecule has 0 aromatic carbocycles. The molecule has 1 fully saturated rings. The van der Waals surface area contributed by atoms with E-state index in [1.807, 2.05) is 0 Å². The Balaban J connectivity index is 2.31. The normalized spacial score (nSPS) is 32.7. The molecule has 3 nitrogen and oxygen atoms in total. The second-order valence-corrected chi connectivity index (χ2v) is 3.55. The van der Waals surface area contributed by atoms with Crippen molar-refractivity contribution in [3.63, 3.8) is 0 Å². The predicted molar refractivity (Wildman–Crippen MR) is 45.3 cm³/mol. The minimum Gasteiger partial charge on any atom is -0.393 e. The standard InChI is InChI=1S/C9H11FN2O/c10-7-2-1-3-12-8(7)9(11)4-6(13)5-9/h1-3,6,13H,4-5,11H2. The molecule has 3 N–H and O–H groups in total. The number of aromatic nitrogens is 1. The van der Waals surface area contributed by atoms with Crippen molar-refractivity contribution in [2.24, 2.45) is 5.73 Å². The molecule has 4 heteroatoms. The van der Waals surface area contributed by atoms with Gasteiger partial charge in [0.15, 0.2) is 0 Å². The van der Waals surface area contributed by atoms with Gasteiger partial charge in [-0.15, -0.1) is 0 Å². The SMILES string of the molecule is NC1(c2ncccc2F)CC(O)C1. The van der Waals surface area contributed by atoms with E-state index in [1.165, 1.54) is 18.3 Å². The van der Waals surface area contributed by atoms with Gasteiger partial charge in [-0.3, -0.25) is 4.98 Å². The Morgan fingerprint density at radius 2 is 2.31 bits per heavy atom. The van der Waals surface area contributed by atoms with E-state index < -0.39 is 17.5 Å². The van der Waals surface area contributed by atoms with Crippen molar-refractivity contribution in [1.29, 1.82) is 0 Å². The summed E-state index contributed by atoms with van der Waals surface area (Å²) in [4.78, 5) is 3.90. The maximum Gasteiger partial charge on any atom is 0.146 e. The molecule has 0 spiro atoms. The van der Waals surface area contributed by atoms with E-state index >= 15 is 0 Å². The Morgan fingerprint density at radius 3 is 2.85 bits per heavy atom. The molecule has 70 valence electrons. The zero-order valence-electron chi connectivity index (χ0n) is 7.07. The van der Waals surface area contributed by atoms with Gasteiger partial charge < -0.3 is 10.8 Å². The van der Waals surface area contributed by atoms with Crippen LogP contribution in [0.4, 0.5) is 4.39 Å². The van der Waals surface area contributed by atoms with Gasteiger partial charge in [-0.2, -0.15) is 0 Å². The van der Waals surface area contributed by atoms with Crippen LogP contribution in [0.15, 0.2) is 18.3 Å². The fourth-order valence-electron chi connectivity index (χ4n) is 1.73. The van der Waals surface area contributed by atoms with Crippen molar-refractivity contribution in [3.05, 3.63) is 29.8 Å². The third-order valence-corrected chi connectivity index (χ3v) is 2.43. The maximum absolute atomic E-state index is 13.2. The summed E-state index contributed by atoms with van der Waals surface area (Å²) >= 11 is 0. The van der Waals surface area contributed by atoms with Gasteiger partial charge in [-0.1, -0.05) is 0 Å². The lowest BCUT2D eigenvalue weighted by Gasteiger charge is -2.41. The van der Waals surface area contributed by atoms with E-state index in [9.17, 15) is 4.39 Å². The molecule has 0 atom stereocenters. The molecule has 1 aromatic heterocycles. The number of aliphatic hydroxyl groups is 1. The third kappa shape index (κ3) is 1.32. The molecule has 1 heterocycles. The van der Waals surface area contributed by atoms with Gasteiger partial charge in [0.05, 0.1) is 17.3 Å². The van der Waals surface area contributed by atoms with Crippen LogP contribution in [0.3, 0.4) is 0 Å². The van der Waals surface area contributed by atoms with Gasteiger partial charge in [0.25, 0.3) is 0 Å². The number of nitrogens with two attached hydrogens (primary N) is 1. The average Bonchev–Trinajstić information content (AvgIpc) is 2.02. The van der Waals surface area contributed by atoms with Gasteiger partial charge in [0, 0.05) is 6.20 Å². The average molecular weight is 182 g/mol. The summed E-state index contributed by atoms with van der Waals surface area (Å²) in [7, 11) is 0. The number of halogens is 1. The molecule has 1 saturated carbocycles. The van der Waals surface area contributed by atoms with Crippen LogP contribution in [-0.4, -0.2) is 16.2 Å². The maximum atomic E-state index is 13.2. The number of aliphatic hydroxyl groups excluding tert-OH is 1.